The van der Waals surface area contributed by atoms with Crippen molar-refractivity contribution in [3.05, 3.63) is 29.3 Å². The van der Waals surface area contributed by atoms with Gasteiger partial charge in [-0.05, 0) is 19.1 Å². The summed E-state index contributed by atoms with van der Waals surface area (Å²) < 4.78 is 4.63. The summed E-state index contributed by atoms with van der Waals surface area (Å²) in [5, 5.41) is 11.0. The van der Waals surface area contributed by atoms with Gasteiger partial charge in [0.25, 0.3) is 0 Å². The Balaban J connectivity index is 2.85. The molecule has 2 N–H and O–H groups in total. The number of aliphatic carboxylic acids is 1. The van der Waals surface area contributed by atoms with Crippen molar-refractivity contribution in [2.45, 2.75) is 19.8 Å². The van der Waals surface area contributed by atoms with Crippen LogP contribution in [0.4, 0.5) is 5.69 Å². The molecule has 0 atom stereocenters. The lowest BCUT2D eigenvalue weighted by molar-refractivity contribution is -0.138. The highest BCUT2D eigenvalue weighted by molar-refractivity contribution is 6.01. The van der Waals surface area contributed by atoms with Gasteiger partial charge in [0, 0.05) is 6.42 Å². The van der Waals surface area contributed by atoms with Crippen LogP contribution < -0.4 is 5.32 Å². The van der Waals surface area contributed by atoms with Gasteiger partial charge in [0.15, 0.2) is 0 Å². The molecule has 0 spiro atoms. The van der Waals surface area contributed by atoms with Crippen LogP contribution in [0.2, 0.25) is 0 Å². The van der Waals surface area contributed by atoms with E-state index in [-0.39, 0.29) is 18.4 Å². The Morgan fingerprint density at radius 2 is 1.95 bits per heavy atom. The monoisotopic (exact) mass is 265 g/mol. The highest BCUT2D eigenvalue weighted by Gasteiger charge is 2.14. The van der Waals surface area contributed by atoms with E-state index >= 15 is 0 Å². The fourth-order valence-corrected chi connectivity index (χ4v) is 1.48. The van der Waals surface area contributed by atoms with E-state index in [1.807, 2.05) is 6.92 Å². The smallest absolute Gasteiger partial charge is 0.339 e. The number of ether oxygens (including phenoxy) is 1. The van der Waals surface area contributed by atoms with Crippen LogP contribution in [0, 0.1) is 6.92 Å². The summed E-state index contributed by atoms with van der Waals surface area (Å²) in [4.78, 5) is 33.5. The van der Waals surface area contributed by atoms with E-state index in [2.05, 4.69) is 10.1 Å². The highest BCUT2D eigenvalue weighted by Crippen LogP contribution is 2.18. The van der Waals surface area contributed by atoms with Crippen LogP contribution >= 0.6 is 0 Å². The van der Waals surface area contributed by atoms with Crippen molar-refractivity contribution < 1.29 is 24.2 Å². The highest BCUT2D eigenvalue weighted by atomic mass is 16.5. The van der Waals surface area contributed by atoms with Gasteiger partial charge in [0.2, 0.25) is 5.91 Å². The number of hydrogen-bond donors (Lipinski definition) is 2. The molecule has 0 bridgehead atoms. The average molecular weight is 265 g/mol. The summed E-state index contributed by atoms with van der Waals surface area (Å²) in [6.45, 7) is 1.81. The van der Waals surface area contributed by atoms with Crippen LogP contribution in [0.25, 0.3) is 0 Å². The van der Waals surface area contributed by atoms with Crippen molar-refractivity contribution in [2.75, 3.05) is 12.4 Å². The third-order valence-corrected chi connectivity index (χ3v) is 2.42. The molecule has 0 heterocycles. The van der Waals surface area contributed by atoms with E-state index in [9.17, 15) is 14.4 Å². The van der Waals surface area contributed by atoms with Gasteiger partial charge < -0.3 is 15.2 Å². The molecule has 0 aliphatic carbocycles. The maximum absolute atomic E-state index is 11.6. The number of carbonyl (C=O) groups is 3. The molecule has 0 aromatic heterocycles. The molecule has 1 aromatic rings. The van der Waals surface area contributed by atoms with Gasteiger partial charge in [-0.2, -0.15) is 0 Å². The Morgan fingerprint density at radius 3 is 2.53 bits per heavy atom. The minimum Gasteiger partial charge on any atom is -0.481 e. The van der Waals surface area contributed by atoms with Crippen LogP contribution in [-0.2, 0) is 14.3 Å². The van der Waals surface area contributed by atoms with Gasteiger partial charge in [-0.25, -0.2) is 4.79 Å². The van der Waals surface area contributed by atoms with Gasteiger partial charge in [0.1, 0.15) is 0 Å². The third kappa shape index (κ3) is 4.42. The number of rotatable bonds is 5. The molecular weight excluding hydrogens is 250 g/mol. The zero-order chi connectivity index (χ0) is 14.4. The Kier molecular flexibility index (Phi) is 5.05. The summed E-state index contributed by atoms with van der Waals surface area (Å²) in [5.74, 6) is -2.07. The second-order valence-electron chi connectivity index (χ2n) is 3.98. The first kappa shape index (κ1) is 14.7. The number of carbonyl (C=O) groups excluding carboxylic acids is 2. The first-order valence-corrected chi connectivity index (χ1v) is 5.64. The van der Waals surface area contributed by atoms with Crippen LogP contribution in [-0.4, -0.2) is 30.1 Å². The summed E-state index contributed by atoms with van der Waals surface area (Å²) in [5.41, 5.74) is 1.41. The van der Waals surface area contributed by atoms with E-state index in [0.29, 0.717) is 5.69 Å². The number of aryl methyl sites for hydroxylation is 1. The molecule has 0 aliphatic heterocycles. The van der Waals surface area contributed by atoms with Crippen LogP contribution in [0.1, 0.15) is 28.8 Å². The van der Waals surface area contributed by atoms with Gasteiger partial charge in [-0.3, -0.25) is 9.59 Å². The Hall–Kier alpha value is -2.37. The lowest BCUT2D eigenvalue weighted by Crippen LogP contribution is -2.16. The number of methoxy groups -OCH3 is 1. The maximum atomic E-state index is 11.6. The number of esters is 1. The first-order valence-electron chi connectivity index (χ1n) is 5.64. The molecule has 0 saturated heterocycles. The molecule has 0 fully saturated rings. The van der Waals surface area contributed by atoms with E-state index in [0.717, 1.165) is 5.56 Å². The quantitative estimate of drug-likeness (QED) is 0.788. The van der Waals surface area contributed by atoms with Crippen molar-refractivity contribution in [3.63, 3.8) is 0 Å². The number of amides is 1. The predicted molar refractivity (Wildman–Crippen MR) is 68.0 cm³/mol. The van der Waals surface area contributed by atoms with Crippen molar-refractivity contribution in [3.8, 4) is 0 Å². The van der Waals surface area contributed by atoms with Gasteiger partial charge >= 0.3 is 11.9 Å². The molecule has 0 saturated carbocycles. The molecule has 0 unspecified atom stereocenters. The molecule has 6 nitrogen and oxygen atoms in total. The molecule has 6 heteroatoms. The SMILES string of the molecule is COC(=O)c1cc(C)ccc1NC(=O)CCC(=O)O. The zero-order valence-electron chi connectivity index (χ0n) is 10.7. The lowest BCUT2D eigenvalue weighted by Gasteiger charge is -2.10. The maximum Gasteiger partial charge on any atom is 0.339 e. The Labute approximate surface area is 110 Å². The molecule has 0 radical (unpaired) electrons. The van der Waals surface area contributed by atoms with Gasteiger partial charge in [0.05, 0.1) is 24.8 Å². The number of nitrogens with one attached hydrogen (secondary N) is 1. The number of benzene rings is 1. The van der Waals surface area contributed by atoms with E-state index in [1.165, 1.54) is 7.11 Å². The fraction of sp³-hybridized carbons (Fsp3) is 0.308. The number of carboxylic acids is 1. The van der Waals surface area contributed by atoms with Gasteiger partial charge in [-0.15, -0.1) is 0 Å². The first-order chi connectivity index (χ1) is 8.93. The number of carboxylic acid groups (broad SMARTS) is 1. The number of anilines is 1. The molecule has 102 valence electrons. The van der Waals surface area contributed by atoms with Crippen LogP contribution in [0.15, 0.2) is 18.2 Å². The molecule has 1 rings (SSSR count). The fourth-order valence-electron chi connectivity index (χ4n) is 1.48. The Morgan fingerprint density at radius 1 is 1.26 bits per heavy atom. The molecule has 1 amide bonds. The lowest BCUT2D eigenvalue weighted by atomic mass is 10.1. The summed E-state index contributed by atoms with van der Waals surface area (Å²) >= 11 is 0. The second-order valence-corrected chi connectivity index (χ2v) is 3.98. The molecule has 1 aromatic carbocycles. The predicted octanol–water partition coefficient (Wildman–Crippen LogP) is 1.58. The summed E-state index contributed by atoms with van der Waals surface area (Å²) in [7, 11) is 1.25. The van der Waals surface area contributed by atoms with Crippen molar-refractivity contribution in [1.29, 1.82) is 0 Å². The summed E-state index contributed by atoms with van der Waals surface area (Å²) in [6, 6.07) is 4.91. The van der Waals surface area contributed by atoms with Crippen LogP contribution in [0.3, 0.4) is 0 Å². The summed E-state index contributed by atoms with van der Waals surface area (Å²) in [6.07, 6.45) is -0.408. The van der Waals surface area contributed by atoms with Gasteiger partial charge in [-0.1, -0.05) is 11.6 Å². The average Bonchev–Trinajstić information content (AvgIpc) is 2.37. The van der Waals surface area contributed by atoms with E-state index < -0.39 is 17.8 Å². The molecule has 19 heavy (non-hydrogen) atoms. The zero-order valence-corrected chi connectivity index (χ0v) is 10.7. The standard InChI is InChI=1S/C13H15NO5/c1-8-3-4-10(9(7-8)13(18)19-2)14-11(15)5-6-12(16)17/h3-4,7H,5-6H2,1-2H3,(H,14,15)(H,16,17). The molecular formula is C13H15NO5. The Bertz CT molecular complexity index is 510. The van der Waals surface area contributed by atoms with Crippen LogP contribution in [0.5, 0.6) is 0 Å². The molecule has 0 aliphatic rings. The minimum atomic E-state index is -1.05. The topological polar surface area (TPSA) is 92.7 Å². The van der Waals surface area contributed by atoms with E-state index in [1.54, 1.807) is 18.2 Å². The second kappa shape index (κ2) is 6.53. The number of hydrogen-bond acceptors (Lipinski definition) is 4. The van der Waals surface area contributed by atoms with Crippen molar-refractivity contribution in [1.82, 2.24) is 0 Å². The van der Waals surface area contributed by atoms with E-state index in [4.69, 9.17) is 5.11 Å². The van der Waals surface area contributed by atoms with Crippen molar-refractivity contribution >= 4 is 23.5 Å². The third-order valence-electron chi connectivity index (χ3n) is 2.42. The van der Waals surface area contributed by atoms with Crippen molar-refractivity contribution in [2.24, 2.45) is 0 Å². The normalized spacial score (nSPS) is 9.79. The minimum absolute atomic E-state index is 0.149. The largest absolute Gasteiger partial charge is 0.481 e.